The molecule has 0 bridgehead atoms. The first-order valence-corrected chi connectivity index (χ1v) is 11.0. The minimum atomic E-state index is -0.0906. The molecule has 0 aliphatic carbocycles. The van der Waals surface area contributed by atoms with Crippen LogP contribution in [0.5, 0.6) is 0 Å². The largest absolute Gasteiger partial charge is 0.338 e. The summed E-state index contributed by atoms with van der Waals surface area (Å²) in [4.78, 5) is 18.1. The Bertz CT molecular complexity index is 628. The molecule has 0 unspecified atom stereocenters. The normalized spacial score (nSPS) is 28.8. The van der Waals surface area contributed by atoms with Crippen molar-refractivity contribution in [2.45, 2.75) is 51.6 Å². The van der Waals surface area contributed by atoms with Gasteiger partial charge in [0, 0.05) is 25.7 Å². The Hall–Kier alpha value is -1.00. The first-order chi connectivity index (χ1) is 12.2. The van der Waals surface area contributed by atoms with Crippen LogP contribution in [0.3, 0.4) is 0 Å². The Morgan fingerprint density at radius 3 is 2.84 bits per heavy atom. The maximum absolute atomic E-state index is 13.4. The molecule has 0 aromatic heterocycles. The topological polar surface area (TPSA) is 23.6 Å². The third kappa shape index (κ3) is 3.61. The van der Waals surface area contributed by atoms with Gasteiger partial charge in [0.2, 0.25) is 5.91 Å². The van der Waals surface area contributed by atoms with Gasteiger partial charge in [-0.25, -0.2) is 0 Å². The lowest BCUT2D eigenvalue weighted by Gasteiger charge is -2.40. The molecule has 136 valence electrons. The van der Waals surface area contributed by atoms with E-state index < -0.39 is 0 Å². The van der Waals surface area contributed by atoms with Gasteiger partial charge in [-0.15, -0.1) is 0 Å². The summed E-state index contributed by atoms with van der Waals surface area (Å²) in [5.41, 5.74) is 2.45. The Morgan fingerprint density at radius 1 is 1.20 bits per heavy atom. The summed E-state index contributed by atoms with van der Waals surface area (Å²) in [7, 11) is 0. The summed E-state index contributed by atoms with van der Waals surface area (Å²) < 4.78 is 0. The average molecular weight is 359 g/mol. The van der Waals surface area contributed by atoms with Gasteiger partial charge in [-0.3, -0.25) is 9.69 Å². The highest BCUT2D eigenvalue weighted by Crippen LogP contribution is 2.42. The summed E-state index contributed by atoms with van der Waals surface area (Å²) in [5, 5.41) is 0. The van der Waals surface area contributed by atoms with Gasteiger partial charge in [-0.2, -0.15) is 11.8 Å². The highest BCUT2D eigenvalue weighted by Gasteiger charge is 2.49. The number of aryl methyl sites for hydroxylation is 1. The molecule has 3 aliphatic rings. The van der Waals surface area contributed by atoms with Crippen molar-refractivity contribution in [1.82, 2.24) is 9.80 Å². The van der Waals surface area contributed by atoms with Crippen LogP contribution in [0.2, 0.25) is 0 Å². The molecule has 4 heteroatoms. The van der Waals surface area contributed by atoms with E-state index in [0.717, 1.165) is 51.5 Å². The zero-order valence-corrected chi connectivity index (χ0v) is 16.2. The van der Waals surface area contributed by atoms with E-state index in [1.807, 2.05) is 0 Å². The summed E-state index contributed by atoms with van der Waals surface area (Å²) in [6, 6.07) is 9.32. The van der Waals surface area contributed by atoms with Crippen molar-refractivity contribution in [3.8, 4) is 0 Å². The first kappa shape index (κ1) is 17.4. The van der Waals surface area contributed by atoms with Gasteiger partial charge in [-0.05, 0) is 62.6 Å². The van der Waals surface area contributed by atoms with Crippen molar-refractivity contribution < 1.29 is 4.79 Å². The number of nitrogens with zero attached hydrogens (tertiary/aromatic N) is 2. The molecule has 4 rings (SSSR count). The van der Waals surface area contributed by atoms with Crippen LogP contribution in [-0.2, 0) is 11.3 Å². The number of carbonyl (C=O) groups excluding carboxylic acids is 1. The fourth-order valence-corrected chi connectivity index (χ4v) is 6.06. The van der Waals surface area contributed by atoms with Gasteiger partial charge in [0.15, 0.2) is 0 Å². The molecule has 1 aromatic rings. The van der Waals surface area contributed by atoms with Gasteiger partial charge in [0.05, 0.1) is 5.41 Å². The second-order valence-electron chi connectivity index (χ2n) is 8.16. The number of rotatable bonds is 3. The van der Waals surface area contributed by atoms with Crippen LogP contribution < -0.4 is 0 Å². The Balaban J connectivity index is 1.44. The standard InChI is InChI=1S/C21H30N2OS/c1-17-4-2-5-18(14-17)15-22-10-3-8-21(20(22)24)9-11-23(16-21)19-6-12-25-13-7-19/h2,4-5,14,19H,3,6-13,15-16H2,1H3/t21-/m1/s1. The molecule has 3 heterocycles. The number of hydrogen-bond acceptors (Lipinski definition) is 3. The van der Waals surface area contributed by atoms with E-state index in [1.165, 1.54) is 35.5 Å². The molecular weight excluding hydrogens is 328 g/mol. The average Bonchev–Trinajstić information content (AvgIpc) is 3.05. The third-order valence-corrected chi connectivity index (χ3v) is 7.42. The van der Waals surface area contributed by atoms with E-state index in [1.54, 1.807) is 0 Å². The van der Waals surface area contributed by atoms with Crippen molar-refractivity contribution >= 4 is 17.7 Å². The Kier molecular flexibility index (Phi) is 5.10. The Morgan fingerprint density at radius 2 is 2.04 bits per heavy atom. The van der Waals surface area contributed by atoms with Crippen LogP contribution in [0.15, 0.2) is 24.3 Å². The van der Waals surface area contributed by atoms with Gasteiger partial charge in [0.25, 0.3) is 0 Å². The molecule has 1 atom stereocenters. The van der Waals surface area contributed by atoms with E-state index >= 15 is 0 Å². The van der Waals surface area contributed by atoms with Gasteiger partial charge in [0.1, 0.15) is 0 Å². The van der Waals surface area contributed by atoms with E-state index in [2.05, 4.69) is 52.8 Å². The van der Waals surface area contributed by atoms with Crippen LogP contribution in [0.1, 0.15) is 43.2 Å². The highest BCUT2D eigenvalue weighted by molar-refractivity contribution is 7.99. The monoisotopic (exact) mass is 358 g/mol. The Labute approximate surface area is 156 Å². The minimum absolute atomic E-state index is 0.0906. The molecule has 25 heavy (non-hydrogen) atoms. The van der Waals surface area contributed by atoms with Crippen molar-refractivity contribution in [3.05, 3.63) is 35.4 Å². The van der Waals surface area contributed by atoms with Crippen LogP contribution in [-0.4, -0.2) is 52.9 Å². The predicted octanol–water partition coefficient (Wildman–Crippen LogP) is 3.71. The summed E-state index contributed by atoms with van der Waals surface area (Å²) in [6.07, 6.45) is 5.93. The van der Waals surface area contributed by atoms with Crippen LogP contribution in [0.4, 0.5) is 0 Å². The van der Waals surface area contributed by atoms with Crippen molar-refractivity contribution in [2.24, 2.45) is 5.41 Å². The number of benzene rings is 1. The molecule has 1 aromatic carbocycles. The van der Waals surface area contributed by atoms with Crippen molar-refractivity contribution in [1.29, 1.82) is 0 Å². The first-order valence-electron chi connectivity index (χ1n) is 9.83. The number of carbonyl (C=O) groups is 1. The number of amides is 1. The summed E-state index contributed by atoms with van der Waals surface area (Å²) >= 11 is 2.09. The minimum Gasteiger partial charge on any atom is -0.338 e. The van der Waals surface area contributed by atoms with E-state index in [-0.39, 0.29) is 5.41 Å². The lowest BCUT2D eigenvalue weighted by atomic mass is 9.78. The molecule has 0 saturated carbocycles. The second-order valence-corrected chi connectivity index (χ2v) is 9.39. The molecule has 3 saturated heterocycles. The number of thioether (sulfide) groups is 1. The van der Waals surface area contributed by atoms with Crippen molar-refractivity contribution in [2.75, 3.05) is 31.1 Å². The second kappa shape index (κ2) is 7.32. The number of piperidine rings is 1. The van der Waals surface area contributed by atoms with Crippen LogP contribution in [0, 0.1) is 12.3 Å². The molecule has 0 radical (unpaired) electrons. The quantitative estimate of drug-likeness (QED) is 0.823. The van der Waals surface area contributed by atoms with E-state index in [0.29, 0.717) is 5.91 Å². The molecule has 3 aliphatic heterocycles. The lowest BCUT2D eigenvalue weighted by Crippen LogP contribution is -2.50. The van der Waals surface area contributed by atoms with Crippen LogP contribution >= 0.6 is 11.8 Å². The molecular formula is C21H30N2OS. The van der Waals surface area contributed by atoms with E-state index in [9.17, 15) is 4.79 Å². The molecule has 1 amide bonds. The van der Waals surface area contributed by atoms with Crippen LogP contribution in [0.25, 0.3) is 0 Å². The zero-order chi connectivity index (χ0) is 17.3. The predicted molar refractivity (Wildman–Crippen MR) is 105 cm³/mol. The zero-order valence-electron chi connectivity index (χ0n) is 15.4. The fraction of sp³-hybridized carbons (Fsp3) is 0.667. The molecule has 1 spiro atoms. The molecule has 0 N–H and O–H groups in total. The maximum atomic E-state index is 13.4. The molecule has 3 nitrogen and oxygen atoms in total. The lowest BCUT2D eigenvalue weighted by molar-refractivity contribution is -0.146. The summed E-state index contributed by atoms with van der Waals surface area (Å²) in [5.74, 6) is 3.01. The van der Waals surface area contributed by atoms with E-state index in [4.69, 9.17) is 0 Å². The van der Waals surface area contributed by atoms with Gasteiger partial charge < -0.3 is 4.90 Å². The van der Waals surface area contributed by atoms with Crippen molar-refractivity contribution in [3.63, 3.8) is 0 Å². The molecule has 3 fully saturated rings. The summed E-state index contributed by atoms with van der Waals surface area (Å²) in [6.45, 7) is 5.96. The van der Waals surface area contributed by atoms with Gasteiger partial charge >= 0.3 is 0 Å². The van der Waals surface area contributed by atoms with Gasteiger partial charge in [-0.1, -0.05) is 29.8 Å². The number of hydrogen-bond donors (Lipinski definition) is 0. The third-order valence-electron chi connectivity index (χ3n) is 6.37. The smallest absolute Gasteiger partial charge is 0.230 e. The maximum Gasteiger partial charge on any atom is 0.230 e. The highest BCUT2D eigenvalue weighted by atomic mass is 32.2. The fourth-order valence-electron chi connectivity index (χ4n) is 4.98. The number of likely N-dealkylation sites (tertiary alicyclic amines) is 2. The SMILES string of the molecule is Cc1cccc(CN2CCC[C@]3(CCN(C4CCSCC4)C3)C2=O)c1.